The Kier molecular flexibility index (Phi) is 4.50. The van der Waals surface area contributed by atoms with Crippen LogP contribution in [0.15, 0.2) is 42.5 Å². The largest absolute Gasteiger partial charge is 0.416 e. The summed E-state index contributed by atoms with van der Waals surface area (Å²) in [5.41, 5.74) is 1.99. The van der Waals surface area contributed by atoms with Crippen LogP contribution in [0.4, 0.5) is 18.9 Å². The van der Waals surface area contributed by atoms with Crippen molar-refractivity contribution in [2.24, 2.45) is 0 Å². The summed E-state index contributed by atoms with van der Waals surface area (Å²) in [5, 5.41) is 2.98. The van der Waals surface area contributed by atoms with Crippen LogP contribution in [0, 0.1) is 6.07 Å². The molecule has 22 heavy (non-hydrogen) atoms. The van der Waals surface area contributed by atoms with Crippen LogP contribution in [0.3, 0.4) is 0 Å². The summed E-state index contributed by atoms with van der Waals surface area (Å²) in [6, 6.07) is 14.2. The molecule has 0 fully saturated rings. The van der Waals surface area contributed by atoms with Gasteiger partial charge in [-0.05, 0) is 28.7 Å². The van der Waals surface area contributed by atoms with Crippen LogP contribution >= 0.6 is 0 Å². The lowest BCUT2D eigenvalue weighted by Crippen LogP contribution is -2.11. The fraction of sp³-hybridized carbons (Fsp3) is 0.333. The first-order valence-corrected chi connectivity index (χ1v) is 7.08. The van der Waals surface area contributed by atoms with Crippen molar-refractivity contribution in [1.82, 2.24) is 0 Å². The average Bonchev–Trinajstić information content (AvgIpc) is 2.44. The lowest BCUT2D eigenvalue weighted by molar-refractivity contribution is -0.137. The van der Waals surface area contributed by atoms with Crippen LogP contribution in [0.1, 0.15) is 37.5 Å². The Morgan fingerprint density at radius 3 is 2.14 bits per heavy atom. The highest BCUT2D eigenvalue weighted by atomic mass is 19.4. The van der Waals surface area contributed by atoms with Gasteiger partial charge in [0.05, 0.1) is 5.56 Å². The standard InChI is InChI=1S/C18H19F3N/c1-17(2,3)14-9-7-13(8-10-14)12-22-16-6-4-5-15(11-16)18(19,20)21/h4-5,7-11,22H,12H2,1-3H3. The van der Waals surface area contributed by atoms with Gasteiger partial charge in [-0.15, -0.1) is 0 Å². The van der Waals surface area contributed by atoms with E-state index in [1.165, 1.54) is 11.6 Å². The Bertz CT molecular complexity index is 622. The second-order valence-corrected chi connectivity index (χ2v) is 6.29. The molecule has 0 amide bonds. The van der Waals surface area contributed by atoms with Gasteiger partial charge in [0.2, 0.25) is 0 Å². The summed E-state index contributed by atoms with van der Waals surface area (Å²) >= 11 is 0. The van der Waals surface area contributed by atoms with E-state index in [4.69, 9.17) is 0 Å². The van der Waals surface area contributed by atoms with E-state index in [9.17, 15) is 13.2 Å². The lowest BCUT2D eigenvalue weighted by Gasteiger charge is -2.19. The maximum absolute atomic E-state index is 12.6. The minimum absolute atomic E-state index is 0.0841. The summed E-state index contributed by atoms with van der Waals surface area (Å²) in [7, 11) is 0. The maximum atomic E-state index is 12.6. The second kappa shape index (κ2) is 6.03. The third kappa shape index (κ3) is 4.26. The normalized spacial score (nSPS) is 12.3. The summed E-state index contributed by atoms with van der Waals surface area (Å²) in [5.74, 6) is 0. The molecule has 1 nitrogen and oxygen atoms in total. The molecule has 0 saturated carbocycles. The van der Waals surface area contributed by atoms with Crippen LogP contribution < -0.4 is 5.32 Å². The van der Waals surface area contributed by atoms with E-state index in [2.05, 4.69) is 32.2 Å². The number of hydrogen-bond donors (Lipinski definition) is 1. The summed E-state index contributed by atoms with van der Waals surface area (Å²) in [6.07, 6.45) is -4.33. The third-order valence-electron chi connectivity index (χ3n) is 3.43. The zero-order valence-electron chi connectivity index (χ0n) is 12.9. The minimum Gasteiger partial charge on any atom is -0.380 e. The minimum atomic E-state index is -4.33. The highest BCUT2D eigenvalue weighted by Crippen LogP contribution is 2.30. The zero-order chi connectivity index (χ0) is 16.4. The van der Waals surface area contributed by atoms with Crippen LogP contribution in [-0.2, 0) is 18.1 Å². The van der Waals surface area contributed by atoms with E-state index in [1.54, 1.807) is 0 Å². The first-order valence-electron chi connectivity index (χ1n) is 7.08. The number of halogens is 3. The maximum Gasteiger partial charge on any atom is 0.416 e. The number of nitrogens with one attached hydrogen (secondary N) is 1. The van der Waals surface area contributed by atoms with Gasteiger partial charge in [0.15, 0.2) is 0 Å². The SMILES string of the molecule is CC(C)(C)c1ccc(CNc2[c]ccc(C(F)(F)F)c2)cc1. The molecule has 117 valence electrons. The van der Waals surface area contributed by atoms with Gasteiger partial charge in [-0.3, -0.25) is 0 Å². The quantitative estimate of drug-likeness (QED) is 0.799. The molecule has 0 saturated heterocycles. The van der Waals surface area contributed by atoms with E-state index in [0.29, 0.717) is 12.2 Å². The van der Waals surface area contributed by atoms with Gasteiger partial charge in [0.25, 0.3) is 0 Å². The van der Waals surface area contributed by atoms with Crippen LogP contribution in [0.25, 0.3) is 0 Å². The van der Waals surface area contributed by atoms with Crippen molar-refractivity contribution in [2.45, 2.75) is 38.9 Å². The van der Waals surface area contributed by atoms with Crippen LogP contribution in [-0.4, -0.2) is 0 Å². The van der Waals surface area contributed by atoms with Gasteiger partial charge in [0, 0.05) is 18.3 Å². The average molecular weight is 306 g/mol. The van der Waals surface area contributed by atoms with Crippen LogP contribution in [0.2, 0.25) is 0 Å². The van der Waals surface area contributed by atoms with Crippen molar-refractivity contribution in [1.29, 1.82) is 0 Å². The van der Waals surface area contributed by atoms with E-state index in [1.807, 2.05) is 24.3 Å². The summed E-state index contributed by atoms with van der Waals surface area (Å²) in [6.45, 7) is 6.87. The molecule has 0 aliphatic carbocycles. The Hall–Kier alpha value is -1.97. The highest BCUT2D eigenvalue weighted by molar-refractivity contribution is 5.46. The molecule has 1 N–H and O–H groups in total. The van der Waals surface area contributed by atoms with Crippen LogP contribution in [0.5, 0.6) is 0 Å². The van der Waals surface area contributed by atoms with Crippen molar-refractivity contribution in [3.8, 4) is 0 Å². The molecule has 0 unspecified atom stereocenters. The molecule has 0 aliphatic rings. The number of hydrogen-bond acceptors (Lipinski definition) is 1. The third-order valence-corrected chi connectivity index (χ3v) is 3.43. The molecule has 0 aliphatic heterocycles. The predicted octanol–water partition coefficient (Wildman–Crippen LogP) is 5.42. The van der Waals surface area contributed by atoms with Gasteiger partial charge in [-0.1, -0.05) is 51.1 Å². The molecule has 2 rings (SSSR count). The Balaban J connectivity index is 2.04. The van der Waals surface area contributed by atoms with E-state index in [-0.39, 0.29) is 5.41 Å². The highest BCUT2D eigenvalue weighted by Gasteiger charge is 2.30. The summed E-state index contributed by atoms with van der Waals surface area (Å²) in [4.78, 5) is 0. The van der Waals surface area contributed by atoms with E-state index in [0.717, 1.165) is 17.7 Å². The topological polar surface area (TPSA) is 12.0 Å². The molecule has 0 heterocycles. The van der Waals surface area contributed by atoms with Crippen molar-refractivity contribution >= 4 is 5.69 Å². The van der Waals surface area contributed by atoms with Crippen molar-refractivity contribution in [3.63, 3.8) is 0 Å². The second-order valence-electron chi connectivity index (χ2n) is 6.29. The molecule has 1 radical (unpaired) electrons. The van der Waals surface area contributed by atoms with E-state index < -0.39 is 11.7 Å². The molecular weight excluding hydrogens is 287 g/mol. The monoisotopic (exact) mass is 306 g/mol. The number of benzene rings is 2. The fourth-order valence-electron chi connectivity index (χ4n) is 2.06. The molecule has 2 aromatic carbocycles. The molecule has 0 bridgehead atoms. The summed E-state index contributed by atoms with van der Waals surface area (Å²) < 4.78 is 37.9. The molecule has 4 heteroatoms. The Labute approximate surface area is 129 Å². The van der Waals surface area contributed by atoms with Gasteiger partial charge < -0.3 is 5.32 Å². The van der Waals surface area contributed by atoms with E-state index >= 15 is 0 Å². The Morgan fingerprint density at radius 1 is 0.955 bits per heavy atom. The Morgan fingerprint density at radius 2 is 1.59 bits per heavy atom. The fourth-order valence-corrected chi connectivity index (χ4v) is 2.06. The first kappa shape index (κ1) is 16.4. The first-order chi connectivity index (χ1) is 10.2. The van der Waals surface area contributed by atoms with Crippen molar-refractivity contribution < 1.29 is 13.2 Å². The van der Waals surface area contributed by atoms with Gasteiger partial charge in [-0.25, -0.2) is 0 Å². The molecule has 0 atom stereocenters. The molecule has 0 aromatic heterocycles. The van der Waals surface area contributed by atoms with Crippen molar-refractivity contribution in [3.05, 3.63) is 65.2 Å². The molecule has 2 aromatic rings. The smallest absolute Gasteiger partial charge is 0.380 e. The van der Waals surface area contributed by atoms with Gasteiger partial charge >= 0.3 is 6.18 Å². The van der Waals surface area contributed by atoms with Crippen molar-refractivity contribution in [2.75, 3.05) is 5.32 Å². The number of anilines is 1. The zero-order valence-corrected chi connectivity index (χ0v) is 12.9. The van der Waals surface area contributed by atoms with Gasteiger partial charge in [0.1, 0.15) is 0 Å². The lowest BCUT2D eigenvalue weighted by atomic mass is 9.87. The molecular formula is C18H19F3N. The van der Waals surface area contributed by atoms with Gasteiger partial charge in [-0.2, -0.15) is 13.2 Å². The number of rotatable bonds is 3. The predicted molar refractivity (Wildman–Crippen MR) is 82.7 cm³/mol. The number of alkyl halides is 3. The molecule has 0 spiro atoms.